The minimum Gasteiger partial charge on any atom is -0.258 e. The number of allylic oxidation sites excluding steroid dienone is 4. The normalized spacial score (nSPS) is 12.1. The third-order valence-corrected chi connectivity index (χ3v) is 8.06. The first-order valence-corrected chi connectivity index (χ1v) is 17.9. The third kappa shape index (κ3) is 33.5. The summed E-state index contributed by atoms with van der Waals surface area (Å²) < 4.78 is 0. The van der Waals surface area contributed by atoms with Gasteiger partial charge in [-0.05, 0) is 64.2 Å². The van der Waals surface area contributed by atoms with Crippen molar-refractivity contribution in [3.8, 4) is 0 Å². The van der Waals surface area contributed by atoms with Crippen molar-refractivity contribution < 1.29 is 0 Å². The Morgan fingerprint density at radius 3 is 0.923 bits per heavy atom. The third-order valence-electron chi connectivity index (χ3n) is 8.06. The molecule has 39 heavy (non-hydrogen) atoms. The van der Waals surface area contributed by atoms with E-state index in [9.17, 15) is 0 Å². The van der Waals surface area contributed by atoms with Crippen molar-refractivity contribution in [3.63, 3.8) is 0 Å². The predicted octanol–water partition coefficient (Wildman–Crippen LogP) is 11.7. The fourth-order valence-corrected chi connectivity index (χ4v) is 5.34. The van der Waals surface area contributed by atoms with Crippen molar-refractivity contribution in [2.24, 2.45) is 5.84 Å². The molecule has 0 bridgehead atoms. The second-order valence-corrected chi connectivity index (χ2v) is 12.0. The molecule has 0 amide bonds. The van der Waals surface area contributed by atoms with Crippen LogP contribution in [0.1, 0.15) is 194 Å². The van der Waals surface area contributed by atoms with Crippen LogP contribution < -0.4 is 11.4 Å². The van der Waals surface area contributed by atoms with Gasteiger partial charge in [-0.25, -0.2) is 5.01 Å². The van der Waals surface area contributed by atoms with Gasteiger partial charge in [-0.2, -0.15) is 5.53 Å². The molecular formula is C36H73N3. The molecule has 0 rings (SSSR count). The van der Waals surface area contributed by atoms with Crippen LogP contribution in [-0.2, 0) is 0 Å². The summed E-state index contributed by atoms with van der Waals surface area (Å²) in [7, 11) is 0. The molecule has 0 aromatic heterocycles. The molecule has 0 aromatic rings. The highest BCUT2D eigenvalue weighted by Crippen LogP contribution is 2.12. The lowest BCUT2D eigenvalue weighted by Gasteiger charge is -2.20. The number of unbranched alkanes of at least 4 members (excludes halogenated alkanes) is 24. The summed E-state index contributed by atoms with van der Waals surface area (Å²) in [4.78, 5) is 0. The van der Waals surface area contributed by atoms with Crippen molar-refractivity contribution in [3.05, 3.63) is 24.3 Å². The summed E-state index contributed by atoms with van der Waals surface area (Å²) in [5.41, 5.74) is 2.92. The zero-order valence-electron chi connectivity index (χ0n) is 27.0. The van der Waals surface area contributed by atoms with E-state index in [1.54, 1.807) is 0 Å². The Morgan fingerprint density at radius 1 is 0.385 bits per heavy atom. The molecule has 0 spiro atoms. The first-order valence-electron chi connectivity index (χ1n) is 17.9. The molecule has 0 saturated heterocycles. The Morgan fingerprint density at radius 2 is 0.641 bits per heavy atom. The van der Waals surface area contributed by atoms with Crippen LogP contribution in [0.15, 0.2) is 24.3 Å². The molecule has 0 saturated carbocycles. The SMILES string of the molecule is CCCCCCCC/C=C\CCCCCCCCN(CCCCCCCC/C=C\CCCCCCCC)NN. The summed E-state index contributed by atoms with van der Waals surface area (Å²) in [6, 6.07) is 0. The topological polar surface area (TPSA) is 41.3 Å². The zero-order chi connectivity index (χ0) is 28.3. The quantitative estimate of drug-likeness (QED) is 0.0371. The summed E-state index contributed by atoms with van der Waals surface area (Å²) in [6.45, 7) is 6.75. The lowest BCUT2D eigenvalue weighted by atomic mass is 10.1. The first-order chi connectivity index (χ1) is 19.3. The van der Waals surface area contributed by atoms with Crippen LogP contribution in [0.25, 0.3) is 0 Å². The van der Waals surface area contributed by atoms with E-state index in [2.05, 4.69) is 48.7 Å². The van der Waals surface area contributed by atoms with Gasteiger partial charge in [-0.3, -0.25) is 5.84 Å². The lowest BCUT2D eigenvalue weighted by Crippen LogP contribution is -2.44. The smallest absolute Gasteiger partial charge is 0.0144 e. The van der Waals surface area contributed by atoms with Gasteiger partial charge in [-0.15, -0.1) is 0 Å². The van der Waals surface area contributed by atoms with Crippen LogP contribution in [0.2, 0.25) is 0 Å². The maximum atomic E-state index is 5.77. The highest BCUT2D eigenvalue weighted by molar-refractivity contribution is 4.82. The molecule has 0 unspecified atom stereocenters. The van der Waals surface area contributed by atoms with Gasteiger partial charge >= 0.3 is 0 Å². The lowest BCUT2D eigenvalue weighted by molar-refractivity contribution is 0.181. The largest absolute Gasteiger partial charge is 0.258 e. The van der Waals surface area contributed by atoms with Crippen LogP contribution in [0.5, 0.6) is 0 Å². The van der Waals surface area contributed by atoms with Gasteiger partial charge in [0.1, 0.15) is 0 Å². The van der Waals surface area contributed by atoms with Gasteiger partial charge in [0.05, 0.1) is 0 Å². The Hall–Kier alpha value is -0.640. The minimum absolute atomic E-state index is 1.09. The Balaban J connectivity index is 3.34. The number of rotatable bonds is 33. The molecule has 0 atom stereocenters. The van der Waals surface area contributed by atoms with Crippen molar-refractivity contribution in [1.82, 2.24) is 10.5 Å². The molecule has 0 fully saturated rings. The number of hydrogen-bond acceptors (Lipinski definition) is 3. The van der Waals surface area contributed by atoms with E-state index < -0.39 is 0 Å². The molecule has 0 aliphatic heterocycles. The standard InChI is InChI=1S/C36H73N3/c1-3-5-7-9-11-13-15-17-19-21-23-25-27-29-31-33-35-39(38-37)36-34-32-30-28-26-24-22-20-18-16-14-12-10-8-6-4-2/h17-20,38H,3-16,21-37H2,1-2H3/b19-17-,20-18-. The average Bonchev–Trinajstić information content (AvgIpc) is 2.95. The molecule has 3 heteroatoms. The van der Waals surface area contributed by atoms with Crippen LogP contribution in [-0.4, -0.2) is 18.1 Å². The highest BCUT2D eigenvalue weighted by atomic mass is 15.6. The molecule has 3 nitrogen and oxygen atoms in total. The van der Waals surface area contributed by atoms with E-state index >= 15 is 0 Å². The van der Waals surface area contributed by atoms with Gasteiger partial charge in [0.2, 0.25) is 0 Å². The number of nitrogens with zero attached hydrogens (tertiary/aromatic N) is 1. The number of hydrazine groups is 2. The zero-order valence-corrected chi connectivity index (χ0v) is 27.0. The van der Waals surface area contributed by atoms with E-state index in [-0.39, 0.29) is 0 Å². The van der Waals surface area contributed by atoms with E-state index in [4.69, 9.17) is 5.84 Å². The van der Waals surface area contributed by atoms with Gasteiger partial charge in [0.25, 0.3) is 0 Å². The van der Waals surface area contributed by atoms with Crippen LogP contribution in [0, 0.1) is 0 Å². The van der Waals surface area contributed by atoms with Crippen molar-refractivity contribution in [2.75, 3.05) is 13.1 Å². The summed E-state index contributed by atoms with van der Waals surface area (Å²) in [5, 5.41) is 2.23. The van der Waals surface area contributed by atoms with Gasteiger partial charge in [0, 0.05) is 13.1 Å². The molecule has 232 valence electrons. The fourth-order valence-electron chi connectivity index (χ4n) is 5.34. The number of nitrogens with one attached hydrogen (secondary N) is 1. The molecule has 0 aromatic carbocycles. The Kier molecular flexibility index (Phi) is 34.8. The molecule has 0 aliphatic rings. The summed E-state index contributed by atoms with van der Waals surface area (Å²) in [5.74, 6) is 5.77. The van der Waals surface area contributed by atoms with E-state index in [1.165, 1.54) is 180 Å². The molecular weight excluding hydrogens is 474 g/mol. The predicted molar refractivity (Wildman–Crippen MR) is 178 cm³/mol. The fraction of sp³-hybridized carbons (Fsp3) is 0.889. The second-order valence-electron chi connectivity index (χ2n) is 12.0. The van der Waals surface area contributed by atoms with E-state index in [0.29, 0.717) is 0 Å². The van der Waals surface area contributed by atoms with Crippen molar-refractivity contribution in [1.29, 1.82) is 0 Å². The maximum Gasteiger partial charge on any atom is 0.0144 e. The second kappa shape index (κ2) is 35.4. The van der Waals surface area contributed by atoms with Gasteiger partial charge in [0.15, 0.2) is 0 Å². The molecule has 0 radical (unpaired) electrons. The monoisotopic (exact) mass is 548 g/mol. The van der Waals surface area contributed by atoms with E-state index in [1.807, 2.05) is 0 Å². The van der Waals surface area contributed by atoms with Crippen molar-refractivity contribution >= 4 is 0 Å². The maximum absolute atomic E-state index is 5.77. The molecule has 0 heterocycles. The average molecular weight is 548 g/mol. The highest BCUT2D eigenvalue weighted by Gasteiger charge is 2.02. The first kappa shape index (κ1) is 38.4. The molecule has 3 N–H and O–H groups in total. The number of hydrogen-bond donors (Lipinski definition) is 2. The van der Waals surface area contributed by atoms with Crippen molar-refractivity contribution in [2.45, 2.75) is 194 Å². The summed E-state index contributed by atoms with van der Waals surface area (Å²) in [6.07, 6.45) is 47.8. The molecule has 0 aliphatic carbocycles. The van der Waals surface area contributed by atoms with Crippen LogP contribution in [0.4, 0.5) is 0 Å². The Bertz CT molecular complexity index is 446. The van der Waals surface area contributed by atoms with Gasteiger partial charge in [-0.1, -0.05) is 154 Å². The summed E-state index contributed by atoms with van der Waals surface area (Å²) >= 11 is 0. The van der Waals surface area contributed by atoms with Crippen LogP contribution in [0.3, 0.4) is 0 Å². The van der Waals surface area contributed by atoms with Gasteiger partial charge < -0.3 is 0 Å². The van der Waals surface area contributed by atoms with E-state index in [0.717, 1.165) is 13.1 Å². The Labute approximate surface area is 247 Å². The van der Waals surface area contributed by atoms with Crippen LogP contribution >= 0.6 is 0 Å². The number of nitrogens with two attached hydrogens (primary N) is 1. The minimum atomic E-state index is 1.09.